The second-order valence-electron chi connectivity index (χ2n) is 6.78. The van der Waals surface area contributed by atoms with Crippen LogP contribution in [0.2, 0.25) is 0 Å². The Labute approximate surface area is 128 Å². The number of nitrogens with zero attached hydrogens (tertiary/aromatic N) is 1. The molecule has 0 heterocycles. The molecule has 2 unspecified atom stereocenters. The van der Waals surface area contributed by atoms with E-state index in [1.807, 2.05) is 13.8 Å². The van der Waals surface area contributed by atoms with Gasteiger partial charge in [-0.1, -0.05) is 33.1 Å². The molecule has 1 aliphatic rings. The van der Waals surface area contributed by atoms with Crippen molar-refractivity contribution in [3.63, 3.8) is 0 Å². The van der Waals surface area contributed by atoms with Gasteiger partial charge in [0.15, 0.2) is 0 Å². The van der Waals surface area contributed by atoms with Gasteiger partial charge in [0.1, 0.15) is 0 Å². The van der Waals surface area contributed by atoms with E-state index < -0.39 is 11.9 Å². The molecule has 1 fully saturated rings. The number of hydrogen-bond donors (Lipinski definition) is 2. The molecule has 0 radical (unpaired) electrons. The van der Waals surface area contributed by atoms with Crippen LogP contribution in [0.15, 0.2) is 0 Å². The zero-order valence-corrected chi connectivity index (χ0v) is 13.8. The number of rotatable bonds is 5. The fourth-order valence-corrected chi connectivity index (χ4v) is 2.94. The van der Waals surface area contributed by atoms with E-state index in [-0.39, 0.29) is 18.1 Å². The number of urea groups is 1. The Morgan fingerprint density at radius 1 is 1.14 bits per heavy atom. The number of hydrogen-bond acceptors (Lipinski definition) is 2. The minimum absolute atomic E-state index is 0.112. The molecule has 0 aromatic carbocycles. The zero-order chi connectivity index (χ0) is 16.0. The normalized spacial score (nSPS) is 23.0. The van der Waals surface area contributed by atoms with Crippen molar-refractivity contribution < 1.29 is 14.7 Å². The van der Waals surface area contributed by atoms with Gasteiger partial charge in [0.05, 0.1) is 5.92 Å². The molecule has 2 N–H and O–H groups in total. The van der Waals surface area contributed by atoms with E-state index >= 15 is 0 Å². The summed E-state index contributed by atoms with van der Waals surface area (Å²) in [4.78, 5) is 25.7. The van der Waals surface area contributed by atoms with E-state index in [9.17, 15) is 14.7 Å². The summed E-state index contributed by atoms with van der Waals surface area (Å²) in [7, 11) is 0. The molecule has 21 heavy (non-hydrogen) atoms. The molecule has 2 atom stereocenters. The lowest BCUT2D eigenvalue weighted by molar-refractivity contribution is -0.142. The Hall–Kier alpha value is -1.26. The average molecular weight is 298 g/mol. The Kier molecular flexibility index (Phi) is 6.99. The van der Waals surface area contributed by atoms with Crippen LogP contribution in [0.5, 0.6) is 0 Å². The van der Waals surface area contributed by atoms with E-state index in [0.717, 1.165) is 25.7 Å². The summed E-state index contributed by atoms with van der Waals surface area (Å²) < 4.78 is 0. The van der Waals surface area contributed by atoms with E-state index in [2.05, 4.69) is 19.2 Å². The molecule has 5 heteroatoms. The second kappa shape index (κ2) is 8.25. The van der Waals surface area contributed by atoms with Crippen molar-refractivity contribution in [3.8, 4) is 0 Å². The first kappa shape index (κ1) is 17.8. The van der Waals surface area contributed by atoms with Gasteiger partial charge >= 0.3 is 12.0 Å². The van der Waals surface area contributed by atoms with Gasteiger partial charge in [0.25, 0.3) is 0 Å². The first-order valence-electron chi connectivity index (χ1n) is 8.12. The molecular formula is C16H30N2O3. The predicted molar refractivity (Wildman–Crippen MR) is 83.2 cm³/mol. The number of carbonyl (C=O) groups is 2. The second-order valence-corrected chi connectivity index (χ2v) is 6.78. The summed E-state index contributed by atoms with van der Waals surface area (Å²) in [6.07, 6.45) is 4.39. The maximum Gasteiger partial charge on any atom is 0.317 e. The first-order chi connectivity index (χ1) is 9.82. The molecule has 5 nitrogen and oxygen atoms in total. The smallest absolute Gasteiger partial charge is 0.317 e. The van der Waals surface area contributed by atoms with Gasteiger partial charge in [0, 0.05) is 18.6 Å². The third kappa shape index (κ3) is 5.56. The number of carbonyl (C=O) groups excluding carboxylic acids is 1. The maximum absolute atomic E-state index is 12.5. The molecule has 0 bridgehead atoms. The molecule has 1 saturated carbocycles. The van der Waals surface area contributed by atoms with Crippen molar-refractivity contribution in [2.75, 3.05) is 6.54 Å². The van der Waals surface area contributed by atoms with Crippen LogP contribution in [0.4, 0.5) is 4.79 Å². The third-order valence-electron chi connectivity index (χ3n) is 4.09. The lowest BCUT2D eigenvalue weighted by atomic mass is 9.95. The lowest BCUT2D eigenvalue weighted by Crippen LogP contribution is -2.51. The standard InChI is InChI=1S/C16H30N2O3/c1-11(2)10-18(12(3)4)16(21)17-14-9-7-5-6-8-13(14)15(19)20/h11-14H,5-10H2,1-4H3,(H,17,21)(H,19,20). The van der Waals surface area contributed by atoms with Crippen LogP contribution >= 0.6 is 0 Å². The van der Waals surface area contributed by atoms with Crippen molar-refractivity contribution in [1.82, 2.24) is 10.2 Å². The Morgan fingerprint density at radius 3 is 2.29 bits per heavy atom. The highest BCUT2D eigenvalue weighted by Crippen LogP contribution is 2.24. The molecule has 0 spiro atoms. The number of amides is 2. The van der Waals surface area contributed by atoms with Gasteiger partial charge in [-0.2, -0.15) is 0 Å². The maximum atomic E-state index is 12.5. The fourth-order valence-electron chi connectivity index (χ4n) is 2.94. The SMILES string of the molecule is CC(C)CN(C(=O)NC1CCCCCC1C(=O)O)C(C)C. The number of carboxylic acids is 1. The highest BCUT2D eigenvalue weighted by atomic mass is 16.4. The van der Waals surface area contributed by atoms with Crippen molar-refractivity contribution >= 4 is 12.0 Å². The summed E-state index contributed by atoms with van der Waals surface area (Å²) in [5.74, 6) is -0.853. The molecule has 0 aromatic heterocycles. The largest absolute Gasteiger partial charge is 0.481 e. The molecular weight excluding hydrogens is 268 g/mol. The summed E-state index contributed by atoms with van der Waals surface area (Å²) in [5, 5.41) is 12.4. The van der Waals surface area contributed by atoms with Crippen LogP contribution in [-0.4, -0.2) is 40.6 Å². The molecule has 0 saturated heterocycles. The summed E-state index contributed by atoms with van der Waals surface area (Å²) in [5.41, 5.74) is 0. The molecule has 1 rings (SSSR count). The predicted octanol–water partition coefficient (Wildman–Crippen LogP) is 3.10. The highest BCUT2D eigenvalue weighted by molar-refractivity contribution is 5.77. The highest BCUT2D eigenvalue weighted by Gasteiger charge is 2.32. The Morgan fingerprint density at radius 2 is 1.76 bits per heavy atom. The van der Waals surface area contributed by atoms with Crippen LogP contribution in [0, 0.1) is 11.8 Å². The zero-order valence-electron chi connectivity index (χ0n) is 13.8. The van der Waals surface area contributed by atoms with E-state index in [0.29, 0.717) is 18.9 Å². The Bertz CT molecular complexity index is 355. The quantitative estimate of drug-likeness (QED) is 0.766. The monoisotopic (exact) mass is 298 g/mol. The van der Waals surface area contributed by atoms with Crippen LogP contribution < -0.4 is 5.32 Å². The average Bonchev–Trinajstić information content (AvgIpc) is 2.60. The van der Waals surface area contributed by atoms with Crippen molar-refractivity contribution in [2.24, 2.45) is 11.8 Å². The van der Waals surface area contributed by atoms with Gasteiger partial charge < -0.3 is 15.3 Å². The van der Waals surface area contributed by atoms with Crippen molar-refractivity contribution in [3.05, 3.63) is 0 Å². The number of carboxylic acid groups (broad SMARTS) is 1. The van der Waals surface area contributed by atoms with E-state index in [4.69, 9.17) is 0 Å². The summed E-state index contributed by atoms with van der Waals surface area (Å²) >= 11 is 0. The third-order valence-corrected chi connectivity index (χ3v) is 4.09. The number of nitrogens with one attached hydrogen (secondary N) is 1. The molecule has 2 amide bonds. The van der Waals surface area contributed by atoms with Crippen molar-refractivity contribution in [1.29, 1.82) is 0 Å². The van der Waals surface area contributed by atoms with Crippen LogP contribution in [0.3, 0.4) is 0 Å². The van der Waals surface area contributed by atoms with Gasteiger partial charge in [0.2, 0.25) is 0 Å². The van der Waals surface area contributed by atoms with Gasteiger partial charge in [-0.3, -0.25) is 4.79 Å². The first-order valence-corrected chi connectivity index (χ1v) is 8.12. The molecule has 0 aromatic rings. The topological polar surface area (TPSA) is 69.6 Å². The number of aliphatic carboxylic acids is 1. The van der Waals surface area contributed by atoms with Crippen LogP contribution in [0.25, 0.3) is 0 Å². The van der Waals surface area contributed by atoms with Crippen molar-refractivity contribution in [2.45, 2.75) is 71.9 Å². The van der Waals surface area contributed by atoms with Crippen LogP contribution in [-0.2, 0) is 4.79 Å². The summed E-state index contributed by atoms with van der Waals surface area (Å²) in [6.45, 7) is 8.82. The minimum Gasteiger partial charge on any atom is -0.481 e. The Balaban J connectivity index is 2.74. The lowest BCUT2D eigenvalue weighted by Gasteiger charge is -2.32. The molecule has 122 valence electrons. The van der Waals surface area contributed by atoms with Gasteiger partial charge in [-0.25, -0.2) is 4.79 Å². The fraction of sp³-hybridized carbons (Fsp3) is 0.875. The summed E-state index contributed by atoms with van der Waals surface area (Å²) in [6, 6.07) is -0.260. The van der Waals surface area contributed by atoms with E-state index in [1.165, 1.54) is 0 Å². The molecule has 0 aliphatic heterocycles. The molecule has 1 aliphatic carbocycles. The van der Waals surface area contributed by atoms with E-state index in [1.54, 1.807) is 4.90 Å². The van der Waals surface area contributed by atoms with Gasteiger partial charge in [-0.05, 0) is 32.6 Å². The minimum atomic E-state index is -0.790. The van der Waals surface area contributed by atoms with Crippen LogP contribution in [0.1, 0.15) is 59.8 Å². The van der Waals surface area contributed by atoms with Gasteiger partial charge in [-0.15, -0.1) is 0 Å².